The minimum atomic E-state index is -1.03. The number of halogens is 1. The number of carboxylic acids is 1. The Balaban J connectivity index is 2.58. The molecule has 0 saturated heterocycles. The summed E-state index contributed by atoms with van der Waals surface area (Å²) >= 11 is 2.12. The van der Waals surface area contributed by atoms with Crippen LogP contribution in [0.3, 0.4) is 0 Å². The quantitative estimate of drug-likeness (QED) is 0.686. The molecule has 0 amide bonds. The number of carboxylic acid groups (broad SMARTS) is 1. The molecule has 1 N–H and O–H groups in total. The average molecular weight is 304 g/mol. The first-order valence-electron chi connectivity index (χ1n) is 3.89. The number of rotatable bonds is 4. The third-order valence-electron chi connectivity index (χ3n) is 1.54. The van der Waals surface area contributed by atoms with Crippen LogP contribution in [-0.4, -0.2) is 17.7 Å². The minimum Gasteiger partial charge on any atom is -0.488 e. The summed E-state index contributed by atoms with van der Waals surface area (Å²) < 4.78 is 6.22. The Morgan fingerprint density at radius 2 is 2.14 bits per heavy atom. The fourth-order valence-corrected chi connectivity index (χ4v) is 1.33. The molecule has 1 rings (SSSR count). The Hall–Kier alpha value is -1.04. The van der Waals surface area contributed by atoms with Gasteiger partial charge in [0.05, 0.1) is 9.14 Å². The van der Waals surface area contributed by atoms with E-state index in [4.69, 9.17) is 9.84 Å². The van der Waals surface area contributed by atoms with Crippen molar-refractivity contribution in [3.63, 3.8) is 0 Å². The molecule has 0 aliphatic carbocycles. The van der Waals surface area contributed by atoms with E-state index in [1.165, 1.54) is 0 Å². The summed E-state index contributed by atoms with van der Waals surface area (Å²) in [5.41, 5.74) is 0.0460. The van der Waals surface area contributed by atoms with Crippen LogP contribution in [0.15, 0.2) is 36.4 Å². The summed E-state index contributed by atoms with van der Waals surface area (Å²) in [6.45, 7) is 3.38. The van der Waals surface area contributed by atoms with Crippen LogP contribution in [0.2, 0.25) is 0 Å². The first-order chi connectivity index (χ1) is 6.61. The van der Waals surface area contributed by atoms with Gasteiger partial charge in [0.2, 0.25) is 0 Å². The number of aliphatic carboxylic acids is 1. The first-order valence-corrected chi connectivity index (χ1v) is 4.97. The van der Waals surface area contributed by atoms with E-state index in [1.54, 1.807) is 6.07 Å². The van der Waals surface area contributed by atoms with Crippen molar-refractivity contribution in [2.45, 2.75) is 0 Å². The van der Waals surface area contributed by atoms with Gasteiger partial charge in [-0.3, -0.25) is 0 Å². The van der Waals surface area contributed by atoms with Crippen molar-refractivity contribution in [2.75, 3.05) is 6.61 Å². The third-order valence-corrected chi connectivity index (χ3v) is 2.43. The lowest BCUT2D eigenvalue weighted by Crippen LogP contribution is -2.09. The van der Waals surface area contributed by atoms with Crippen LogP contribution in [0, 0.1) is 3.57 Å². The summed E-state index contributed by atoms with van der Waals surface area (Å²) in [4.78, 5) is 10.4. The largest absolute Gasteiger partial charge is 0.488 e. The Morgan fingerprint density at radius 1 is 1.50 bits per heavy atom. The standard InChI is InChI=1S/C10H9IO3/c1-7(10(12)13)6-14-9-5-3-2-4-8(9)11/h2-5H,1,6H2,(H,12,13). The predicted molar refractivity (Wildman–Crippen MR) is 61.4 cm³/mol. The Kier molecular flexibility index (Phi) is 3.94. The Morgan fingerprint density at radius 3 is 2.71 bits per heavy atom. The number of hydrogen-bond donors (Lipinski definition) is 1. The molecule has 0 fully saturated rings. The molecule has 3 nitrogen and oxygen atoms in total. The lowest BCUT2D eigenvalue weighted by molar-refractivity contribution is -0.133. The molecular weight excluding hydrogens is 295 g/mol. The van der Waals surface area contributed by atoms with Gasteiger partial charge in [-0.05, 0) is 34.7 Å². The van der Waals surface area contributed by atoms with Gasteiger partial charge in [-0.15, -0.1) is 0 Å². The molecule has 0 heterocycles. The highest BCUT2D eigenvalue weighted by Gasteiger charge is 2.05. The van der Waals surface area contributed by atoms with Crippen molar-refractivity contribution in [1.82, 2.24) is 0 Å². The summed E-state index contributed by atoms with van der Waals surface area (Å²) in [6.07, 6.45) is 0. The molecule has 0 saturated carbocycles. The molecule has 0 unspecified atom stereocenters. The third kappa shape index (κ3) is 3.02. The van der Waals surface area contributed by atoms with Gasteiger partial charge in [0, 0.05) is 0 Å². The number of para-hydroxylation sites is 1. The highest BCUT2D eigenvalue weighted by Crippen LogP contribution is 2.19. The van der Waals surface area contributed by atoms with Crippen LogP contribution in [-0.2, 0) is 4.79 Å². The molecule has 0 radical (unpaired) electrons. The second kappa shape index (κ2) is 4.99. The van der Waals surface area contributed by atoms with Crippen LogP contribution < -0.4 is 4.74 Å². The average Bonchev–Trinajstić information content (AvgIpc) is 2.16. The van der Waals surface area contributed by atoms with E-state index in [-0.39, 0.29) is 12.2 Å². The summed E-state index contributed by atoms with van der Waals surface area (Å²) in [5.74, 6) is -0.355. The van der Waals surface area contributed by atoms with Crippen LogP contribution >= 0.6 is 22.6 Å². The van der Waals surface area contributed by atoms with E-state index < -0.39 is 5.97 Å². The molecule has 0 aromatic heterocycles. The highest BCUT2D eigenvalue weighted by molar-refractivity contribution is 14.1. The van der Waals surface area contributed by atoms with Gasteiger partial charge in [0.1, 0.15) is 12.4 Å². The minimum absolute atomic E-state index is 0.00927. The van der Waals surface area contributed by atoms with E-state index in [2.05, 4.69) is 29.2 Å². The monoisotopic (exact) mass is 304 g/mol. The van der Waals surface area contributed by atoms with Crippen molar-refractivity contribution < 1.29 is 14.6 Å². The zero-order chi connectivity index (χ0) is 10.6. The maximum Gasteiger partial charge on any atom is 0.334 e. The van der Waals surface area contributed by atoms with Gasteiger partial charge in [-0.1, -0.05) is 18.7 Å². The van der Waals surface area contributed by atoms with E-state index in [0.717, 1.165) is 3.57 Å². The van der Waals surface area contributed by atoms with E-state index in [1.807, 2.05) is 18.2 Å². The van der Waals surface area contributed by atoms with Crippen LogP contribution in [0.1, 0.15) is 0 Å². The number of carbonyl (C=O) groups is 1. The van der Waals surface area contributed by atoms with Gasteiger partial charge >= 0.3 is 5.97 Å². The van der Waals surface area contributed by atoms with Crippen molar-refractivity contribution in [3.05, 3.63) is 40.0 Å². The van der Waals surface area contributed by atoms with E-state index in [0.29, 0.717) is 5.75 Å². The second-order valence-electron chi connectivity index (χ2n) is 2.63. The smallest absolute Gasteiger partial charge is 0.334 e. The molecule has 1 aromatic carbocycles. The van der Waals surface area contributed by atoms with Gasteiger partial charge in [-0.2, -0.15) is 0 Å². The highest BCUT2D eigenvalue weighted by atomic mass is 127. The number of benzene rings is 1. The van der Waals surface area contributed by atoms with Crippen LogP contribution in [0.25, 0.3) is 0 Å². The molecule has 0 spiro atoms. The van der Waals surface area contributed by atoms with Gasteiger partial charge < -0.3 is 9.84 Å². The second-order valence-corrected chi connectivity index (χ2v) is 3.79. The molecule has 0 bridgehead atoms. The topological polar surface area (TPSA) is 46.5 Å². The Bertz CT molecular complexity index is 360. The Labute approximate surface area is 95.5 Å². The van der Waals surface area contributed by atoms with E-state index in [9.17, 15) is 4.79 Å². The molecule has 4 heteroatoms. The molecule has 14 heavy (non-hydrogen) atoms. The number of ether oxygens (including phenoxy) is 1. The van der Waals surface area contributed by atoms with Crippen molar-refractivity contribution in [1.29, 1.82) is 0 Å². The molecule has 0 atom stereocenters. The maximum atomic E-state index is 10.4. The lowest BCUT2D eigenvalue weighted by atomic mass is 10.3. The maximum absolute atomic E-state index is 10.4. The number of hydrogen-bond acceptors (Lipinski definition) is 2. The van der Waals surface area contributed by atoms with E-state index >= 15 is 0 Å². The van der Waals surface area contributed by atoms with Crippen LogP contribution in [0.4, 0.5) is 0 Å². The SMILES string of the molecule is C=C(COc1ccccc1I)C(=O)O. The van der Waals surface area contributed by atoms with Gasteiger partial charge in [0.25, 0.3) is 0 Å². The zero-order valence-electron chi connectivity index (χ0n) is 7.37. The van der Waals surface area contributed by atoms with Gasteiger partial charge in [-0.25, -0.2) is 4.79 Å². The fourth-order valence-electron chi connectivity index (χ4n) is 0.788. The molecule has 1 aromatic rings. The lowest BCUT2D eigenvalue weighted by Gasteiger charge is -2.07. The van der Waals surface area contributed by atoms with Crippen molar-refractivity contribution in [3.8, 4) is 5.75 Å². The summed E-state index contributed by atoms with van der Waals surface area (Å²) in [7, 11) is 0. The predicted octanol–water partition coefficient (Wildman–Crippen LogP) is 2.31. The normalized spacial score (nSPS) is 9.50. The van der Waals surface area contributed by atoms with Crippen molar-refractivity contribution in [2.24, 2.45) is 0 Å². The first kappa shape index (κ1) is 11.0. The molecule has 74 valence electrons. The fraction of sp³-hybridized carbons (Fsp3) is 0.100. The molecular formula is C10H9IO3. The van der Waals surface area contributed by atoms with Gasteiger partial charge in [0.15, 0.2) is 0 Å². The van der Waals surface area contributed by atoms with Crippen LogP contribution in [0.5, 0.6) is 5.75 Å². The zero-order valence-corrected chi connectivity index (χ0v) is 9.52. The molecule has 0 aliphatic heterocycles. The molecule has 0 aliphatic rings. The summed E-state index contributed by atoms with van der Waals surface area (Å²) in [6, 6.07) is 7.40. The van der Waals surface area contributed by atoms with Crippen molar-refractivity contribution >= 4 is 28.6 Å². The summed E-state index contributed by atoms with van der Waals surface area (Å²) in [5, 5.41) is 8.55.